The number of sulfonamides is 1. The molecular formula is C22H21N5O5S. The molecule has 0 unspecified atom stereocenters. The minimum absolute atomic E-state index is 0.00663. The Hall–Kier alpha value is -3.96. The fourth-order valence-corrected chi connectivity index (χ4v) is 4.49. The van der Waals surface area contributed by atoms with Crippen LogP contribution in [0.15, 0.2) is 75.3 Å². The summed E-state index contributed by atoms with van der Waals surface area (Å²) in [4.78, 5) is 25.1. The molecule has 0 spiro atoms. The monoisotopic (exact) mass is 467 g/mol. The maximum atomic E-state index is 12.6. The van der Waals surface area contributed by atoms with Crippen LogP contribution >= 0.6 is 0 Å². The number of carbonyl (C=O) groups is 2. The van der Waals surface area contributed by atoms with Gasteiger partial charge in [0.25, 0.3) is 11.8 Å². The molecule has 10 nitrogen and oxygen atoms in total. The Kier molecular flexibility index (Phi) is 5.99. The predicted octanol–water partition coefficient (Wildman–Crippen LogP) is 2.99. The lowest BCUT2D eigenvalue weighted by molar-refractivity contribution is -0.110. The summed E-state index contributed by atoms with van der Waals surface area (Å²) < 4.78 is 32.7. The van der Waals surface area contributed by atoms with Gasteiger partial charge in [-0.25, -0.2) is 13.1 Å². The van der Waals surface area contributed by atoms with Crippen molar-refractivity contribution >= 4 is 44.8 Å². The van der Waals surface area contributed by atoms with Crippen LogP contribution in [-0.2, 0) is 14.8 Å². The second-order valence-corrected chi connectivity index (χ2v) is 9.20. The topological polar surface area (TPSA) is 142 Å². The second-order valence-electron chi connectivity index (χ2n) is 7.49. The Morgan fingerprint density at radius 3 is 2.61 bits per heavy atom. The number of amides is 2. The van der Waals surface area contributed by atoms with Crippen molar-refractivity contribution in [2.24, 2.45) is 5.10 Å². The molecule has 2 aromatic carbocycles. The molecule has 1 aliphatic heterocycles. The van der Waals surface area contributed by atoms with Crippen molar-refractivity contribution in [3.05, 3.63) is 72.0 Å². The van der Waals surface area contributed by atoms with Gasteiger partial charge in [-0.2, -0.15) is 5.10 Å². The Morgan fingerprint density at radius 1 is 1.09 bits per heavy atom. The van der Waals surface area contributed by atoms with E-state index in [-0.39, 0.29) is 28.1 Å². The van der Waals surface area contributed by atoms with Crippen LogP contribution in [0.5, 0.6) is 0 Å². The number of rotatable bonds is 7. The summed E-state index contributed by atoms with van der Waals surface area (Å²) in [5.41, 5.74) is 4.13. The molecule has 4 N–H and O–H groups in total. The number of fused-ring (bicyclic) bond motifs is 1. The van der Waals surface area contributed by atoms with Gasteiger partial charge in [0, 0.05) is 17.7 Å². The molecular weight excluding hydrogens is 446 g/mol. The van der Waals surface area contributed by atoms with Gasteiger partial charge in [0.15, 0.2) is 11.6 Å². The van der Waals surface area contributed by atoms with Gasteiger partial charge in [-0.3, -0.25) is 20.3 Å². The smallest absolute Gasteiger partial charge is 0.276 e. The van der Waals surface area contributed by atoms with Gasteiger partial charge < -0.3 is 9.73 Å². The van der Waals surface area contributed by atoms with Crippen molar-refractivity contribution in [1.82, 2.24) is 4.72 Å². The Labute approximate surface area is 190 Å². The van der Waals surface area contributed by atoms with E-state index in [0.29, 0.717) is 16.9 Å². The zero-order valence-electron chi connectivity index (χ0n) is 17.7. The summed E-state index contributed by atoms with van der Waals surface area (Å²) in [5.74, 6) is -0.645. The molecule has 170 valence electrons. The largest absolute Gasteiger partial charge is 0.449 e. The number of hydrogen-bond acceptors (Lipinski definition) is 7. The minimum Gasteiger partial charge on any atom is -0.449 e. The summed E-state index contributed by atoms with van der Waals surface area (Å²) in [5, 5.41) is 9.45. The van der Waals surface area contributed by atoms with E-state index in [9.17, 15) is 18.0 Å². The van der Waals surface area contributed by atoms with E-state index in [1.165, 1.54) is 24.5 Å². The highest BCUT2D eigenvalue weighted by Gasteiger charge is 2.29. The molecule has 33 heavy (non-hydrogen) atoms. The Morgan fingerprint density at radius 2 is 1.88 bits per heavy atom. The standard InChI is InChI=1S/C22H21N5O5S/c1-13(2)27-33(30,31)14-9-10-17-16(12-14)20(22(29)23-17)26-25-18-7-4-3-6-15(18)21(28)24-19-8-5-11-32-19/h3-13,25,27H,1-2H3,(H,24,28)(H,23,26,29). The molecule has 0 radical (unpaired) electrons. The highest BCUT2D eigenvalue weighted by atomic mass is 32.2. The molecule has 0 fully saturated rings. The van der Waals surface area contributed by atoms with E-state index in [4.69, 9.17) is 4.42 Å². The molecule has 0 bridgehead atoms. The van der Waals surface area contributed by atoms with E-state index in [0.717, 1.165) is 0 Å². The van der Waals surface area contributed by atoms with Gasteiger partial charge in [0.2, 0.25) is 10.0 Å². The van der Waals surface area contributed by atoms with E-state index < -0.39 is 21.8 Å². The van der Waals surface area contributed by atoms with E-state index >= 15 is 0 Å². The van der Waals surface area contributed by atoms with Gasteiger partial charge >= 0.3 is 0 Å². The van der Waals surface area contributed by atoms with Crippen LogP contribution in [0, 0.1) is 0 Å². The number of furan rings is 1. The molecule has 0 saturated heterocycles. The van der Waals surface area contributed by atoms with Gasteiger partial charge in [-0.1, -0.05) is 12.1 Å². The molecule has 3 aromatic rings. The number of carbonyl (C=O) groups excluding carboxylic acids is 2. The average Bonchev–Trinajstić information content (AvgIpc) is 3.38. The zero-order chi connectivity index (χ0) is 23.6. The highest BCUT2D eigenvalue weighted by Crippen LogP contribution is 2.27. The first-order chi connectivity index (χ1) is 15.7. The summed E-state index contributed by atoms with van der Waals surface area (Å²) >= 11 is 0. The first-order valence-electron chi connectivity index (χ1n) is 10.0. The molecule has 4 rings (SSSR count). The van der Waals surface area contributed by atoms with Crippen LogP contribution in [0.2, 0.25) is 0 Å². The van der Waals surface area contributed by atoms with Crippen LogP contribution in [0.1, 0.15) is 29.8 Å². The normalized spacial score (nSPS) is 14.3. The number of nitrogens with one attached hydrogen (secondary N) is 4. The molecule has 0 saturated carbocycles. The van der Waals surface area contributed by atoms with E-state index in [1.54, 1.807) is 50.2 Å². The second kappa shape index (κ2) is 8.88. The minimum atomic E-state index is -3.76. The third-order valence-electron chi connectivity index (χ3n) is 4.63. The number of benzene rings is 2. The molecule has 0 atom stereocenters. The van der Waals surface area contributed by atoms with Crippen molar-refractivity contribution in [2.45, 2.75) is 24.8 Å². The number of nitrogens with zero attached hydrogens (tertiary/aromatic N) is 1. The summed E-state index contributed by atoms with van der Waals surface area (Å²) in [6.45, 7) is 3.43. The molecule has 2 heterocycles. The van der Waals surface area contributed by atoms with Crippen molar-refractivity contribution in [1.29, 1.82) is 0 Å². The van der Waals surface area contributed by atoms with Crippen molar-refractivity contribution in [2.75, 3.05) is 16.1 Å². The van der Waals surface area contributed by atoms with Crippen molar-refractivity contribution in [3.8, 4) is 0 Å². The summed E-state index contributed by atoms with van der Waals surface area (Å²) in [7, 11) is -3.76. The van der Waals surface area contributed by atoms with Crippen LogP contribution in [0.4, 0.5) is 17.3 Å². The molecule has 11 heteroatoms. The molecule has 1 aromatic heterocycles. The summed E-state index contributed by atoms with van der Waals surface area (Å²) in [6, 6.07) is 13.9. The van der Waals surface area contributed by atoms with Crippen LogP contribution in [-0.4, -0.2) is 32.0 Å². The number of hydrazone groups is 1. The maximum absolute atomic E-state index is 12.6. The maximum Gasteiger partial charge on any atom is 0.276 e. The average molecular weight is 468 g/mol. The zero-order valence-corrected chi connectivity index (χ0v) is 18.6. The SMILES string of the molecule is CC(C)NS(=O)(=O)c1ccc2c(c1)/C(=N/Nc1ccccc1C(=O)Nc1ccco1)C(=O)N2. The summed E-state index contributed by atoms with van der Waals surface area (Å²) in [6.07, 6.45) is 1.44. The molecule has 2 amide bonds. The van der Waals surface area contributed by atoms with Gasteiger partial charge in [0.1, 0.15) is 0 Å². The van der Waals surface area contributed by atoms with E-state index in [1.807, 2.05) is 0 Å². The van der Waals surface area contributed by atoms with Gasteiger partial charge in [-0.15, -0.1) is 0 Å². The number of para-hydroxylation sites is 1. The van der Waals surface area contributed by atoms with Crippen molar-refractivity contribution < 1.29 is 22.4 Å². The number of hydrogen-bond donors (Lipinski definition) is 4. The quantitative estimate of drug-likeness (QED) is 0.394. The fraction of sp³-hybridized carbons (Fsp3) is 0.136. The third-order valence-corrected chi connectivity index (χ3v) is 6.28. The van der Waals surface area contributed by atoms with Crippen LogP contribution < -0.4 is 20.8 Å². The van der Waals surface area contributed by atoms with Crippen molar-refractivity contribution in [3.63, 3.8) is 0 Å². The Bertz CT molecular complexity index is 1350. The van der Waals surface area contributed by atoms with Crippen LogP contribution in [0.25, 0.3) is 0 Å². The first-order valence-corrected chi connectivity index (χ1v) is 11.5. The lowest BCUT2D eigenvalue weighted by Gasteiger charge is -2.11. The van der Waals surface area contributed by atoms with Gasteiger partial charge in [0.05, 0.1) is 28.1 Å². The van der Waals surface area contributed by atoms with Crippen LogP contribution in [0.3, 0.4) is 0 Å². The Balaban J connectivity index is 1.63. The van der Waals surface area contributed by atoms with E-state index in [2.05, 4.69) is 25.9 Å². The first kappa shape index (κ1) is 22.2. The molecule has 1 aliphatic rings. The lowest BCUT2D eigenvalue weighted by atomic mass is 10.1. The third kappa shape index (κ3) is 4.78. The highest BCUT2D eigenvalue weighted by molar-refractivity contribution is 7.89. The molecule has 0 aliphatic carbocycles. The number of anilines is 3. The lowest BCUT2D eigenvalue weighted by Crippen LogP contribution is -2.30. The van der Waals surface area contributed by atoms with Gasteiger partial charge in [-0.05, 0) is 50.2 Å². The predicted molar refractivity (Wildman–Crippen MR) is 124 cm³/mol. The fourth-order valence-electron chi connectivity index (χ4n) is 3.21.